The van der Waals surface area contributed by atoms with Crippen molar-refractivity contribution in [1.82, 2.24) is 14.5 Å². The summed E-state index contributed by atoms with van der Waals surface area (Å²) >= 11 is 15.0. The second-order valence-electron chi connectivity index (χ2n) is 24.7. The topological polar surface area (TPSA) is 87.0 Å². The van der Waals surface area contributed by atoms with Gasteiger partial charge in [-0.1, -0.05) is 164 Å². The number of hydrogen-bond acceptors (Lipinski definition) is 12. The standard InChI is InChI=1S/C77H93N7S8/c1-10-17-23-29-35-52-42-62(85-60(52)48-58(50-78)80-8)68-54(37-31-25-19-12-3)44-64(87-68)70-56(39-33-27-21-14-5)46-66(89-70)76-82-74-72(91-76)73-75(84(74)41-16-7)83-77(92-73)67-47-57(40-34-28-22-15-6)71(90-67)65-45-55(38-32-26-20-13-4)69(88-65)63-43-53(36-30-24-18-11-2)61(86-63)49-59(51-79)81-9/h42-49H,10-41H2,1-7H3/b58-48-,59-49+. The molecule has 0 atom stereocenters. The Morgan fingerprint density at radius 3 is 0.957 bits per heavy atom. The number of aryl methyl sites for hydroxylation is 7. The van der Waals surface area contributed by atoms with E-state index < -0.39 is 0 Å². The molecule has 0 aliphatic rings. The highest BCUT2D eigenvalue weighted by molar-refractivity contribution is 7.34. The summed E-state index contributed by atoms with van der Waals surface area (Å²) in [5.74, 6) is 0. The third-order valence-corrected chi connectivity index (χ3v) is 27.7. The van der Waals surface area contributed by atoms with E-state index in [1.54, 1.807) is 22.7 Å². The molecule has 0 amide bonds. The number of nitrogens with zero attached hydrogens (tertiary/aromatic N) is 7. The van der Waals surface area contributed by atoms with E-state index in [0.29, 0.717) is 0 Å². The second-order valence-corrected chi connectivity index (χ2v) is 33.1. The van der Waals surface area contributed by atoms with E-state index in [1.807, 2.05) is 80.2 Å². The molecule has 9 rings (SSSR count). The fourth-order valence-electron chi connectivity index (χ4n) is 12.4. The molecule has 7 nitrogen and oxygen atoms in total. The number of thiophene rings is 6. The van der Waals surface area contributed by atoms with Crippen LogP contribution in [0.25, 0.3) is 101 Å². The van der Waals surface area contributed by atoms with Gasteiger partial charge >= 0.3 is 0 Å². The highest BCUT2D eigenvalue weighted by atomic mass is 32.1. The molecule has 0 unspecified atom stereocenters. The van der Waals surface area contributed by atoms with Crippen LogP contribution < -0.4 is 0 Å². The van der Waals surface area contributed by atoms with Gasteiger partial charge in [0.15, 0.2) is 11.3 Å². The van der Waals surface area contributed by atoms with Crippen molar-refractivity contribution >= 4 is 124 Å². The Hall–Kier alpha value is -5.30. The van der Waals surface area contributed by atoms with E-state index in [-0.39, 0.29) is 11.4 Å². The molecule has 0 spiro atoms. The predicted molar refractivity (Wildman–Crippen MR) is 408 cm³/mol. The first-order valence-corrected chi connectivity index (χ1v) is 41.2. The predicted octanol–water partition coefficient (Wildman–Crippen LogP) is 27.8. The second kappa shape index (κ2) is 36.5. The smallest absolute Gasteiger partial charge is 0.263 e. The first-order valence-electron chi connectivity index (χ1n) is 34.7. The molecular formula is C77H93N7S8. The maximum absolute atomic E-state index is 9.87. The Morgan fingerprint density at radius 2 is 0.663 bits per heavy atom. The van der Waals surface area contributed by atoms with Crippen LogP contribution in [0.15, 0.2) is 47.8 Å². The number of rotatable bonds is 40. The summed E-state index contributed by atoms with van der Waals surface area (Å²) in [5, 5.41) is 21.9. The van der Waals surface area contributed by atoms with Crippen LogP contribution in [0.3, 0.4) is 0 Å². The Morgan fingerprint density at radius 1 is 0.380 bits per heavy atom. The van der Waals surface area contributed by atoms with Crippen molar-refractivity contribution in [3.05, 3.63) is 114 Å². The lowest BCUT2D eigenvalue weighted by Gasteiger charge is -2.02. The lowest BCUT2D eigenvalue weighted by Crippen LogP contribution is -1.97. The summed E-state index contributed by atoms with van der Waals surface area (Å²) in [6.07, 6.45) is 39.5. The maximum atomic E-state index is 9.87. The van der Waals surface area contributed by atoms with Crippen molar-refractivity contribution in [2.45, 2.75) is 254 Å². The molecule has 9 aromatic heterocycles. The van der Waals surface area contributed by atoms with E-state index >= 15 is 0 Å². The third-order valence-electron chi connectivity index (χ3n) is 17.4. The van der Waals surface area contributed by atoms with Crippen LogP contribution in [0, 0.1) is 35.8 Å². The van der Waals surface area contributed by atoms with E-state index in [4.69, 9.17) is 23.1 Å². The van der Waals surface area contributed by atoms with Crippen LogP contribution in [0.5, 0.6) is 0 Å². The van der Waals surface area contributed by atoms with Gasteiger partial charge < -0.3 is 4.57 Å². The minimum absolute atomic E-state index is 0.152. The normalized spacial score (nSPS) is 12.0. The van der Waals surface area contributed by atoms with Crippen molar-refractivity contribution in [3.8, 4) is 70.9 Å². The van der Waals surface area contributed by atoms with Gasteiger partial charge in [-0.2, -0.15) is 0 Å². The molecule has 0 aliphatic carbocycles. The summed E-state index contributed by atoms with van der Waals surface area (Å²) in [6, 6.07) is 19.1. The number of unbranched alkanes of at least 4 members (excludes halogenated alkanes) is 18. The molecule has 0 saturated heterocycles. The molecule has 9 aromatic rings. The van der Waals surface area contributed by atoms with E-state index in [2.05, 4.69) is 111 Å². The number of fused-ring (bicyclic) bond motifs is 3. The van der Waals surface area contributed by atoms with Gasteiger partial charge in [-0.05, 0) is 165 Å². The van der Waals surface area contributed by atoms with Gasteiger partial charge in [-0.3, -0.25) is 0 Å². The molecule has 9 heterocycles. The molecule has 0 aromatic carbocycles. The van der Waals surface area contributed by atoms with Crippen LogP contribution >= 0.6 is 90.7 Å². The molecule has 0 saturated carbocycles. The number of hydrogen-bond donors (Lipinski definition) is 0. The van der Waals surface area contributed by atoms with Crippen molar-refractivity contribution in [2.75, 3.05) is 0 Å². The summed E-state index contributed by atoms with van der Waals surface area (Å²) in [4.78, 5) is 33.7. The van der Waals surface area contributed by atoms with Crippen molar-refractivity contribution in [1.29, 1.82) is 10.5 Å². The van der Waals surface area contributed by atoms with Gasteiger partial charge in [0.25, 0.3) is 11.4 Å². The number of aromatic nitrogens is 3. The molecule has 92 heavy (non-hydrogen) atoms. The molecule has 0 N–H and O–H groups in total. The summed E-state index contributed by atoms with van der Waals surface area (Å²) in [5.41, 5.74) is 10.7. The minimum atomic E-state index is 0.152. The lowest BCUT2D eigenvalue weighted by molar-refractivity contribution is 0.667. The van der Waals surface area contributed by atoms with Crippen LogP contribution in [0.4, 0.5) is 0 Å². The molecule has 0 bridgehead atoms. The molecule has 0 radical (unpaired) electrons. The van der Waals surface area contributed by atoms with E-state index in [9.17, 15) is 10.5 Å². The Bertz CT molecular complexity index is 3790. The van der Waals surface area contributed by atoms with Gasteiger partial charge in [-0.25, -0.2) is 30.2 Å². The Balaban J connectivity index is 1.11. The SMILES string of the molecule is [C-]#[N+]/C(C#N)=C\c1sc(-c2sc(-c3sc(-c4nc5c(s4)c4sc(-c6cc(CCCCCC)c(-c7cc(CCCCCC)c(-c8cc(CCCCCC)c(/C=C(\C#N)[N+]#[C-])s8)s7)s6)nc4n5CCC)cc3CCCCCC)cc2CCCCCC)cc1CCCCCC. The zero-order chi connectivity index (χ0) is 64.8. The van der Waals surface area contributed by atoms with E-state index in [0.717, 1.165) is 121 Å². The van der Waals surface area contributed by atoms with Crippen molar-refractivity contribution in [3.63, 3.8) is 0 Å². The molecule has 15 heteroatoms. The minimum Gasteiger partial charge on any atom is -0.308 e. The fraction of sp³-hybridized carbons (Fsp3) is 0.506. The average molecular weight is 1370 g/mol. The van der Waals surface area contributed by atoms with Crippen LogP contribution in [0.2, 0.25) is 0 Å². The molecular weight excluding hydrogens is 1280 g/mol. The highest BCUT2D eigenvalue weighted by Crippen LogP contribution is 2.52. The lowest BCUT2D eigenvalue weighted by atomic mass is 10.0. The zero-order valence-corrected chi connectivity index (χ0v) is 62.2. The average Bonchev–Trinajstić information content (AvgIpc) is 1.58. The number of nitriles is 2. The summed E-state index contributed by atoms with van der Waals surface area (Å²) in [6.45, 7) is 32.3. The molecule has 484 valence electrons. The quantitative estimate of drug-likeness (QED) is 0.0217. The monoisotopic (exact) mass is 1370 g/mol. The third kappa shape index (κ3) is 18.0. The van der Waals surface area contributed by atoms with Crippen LogP contribution in [-0.2, 0) is 45.1 Å². The molecule has 0 aliphatic heterocycles. The Kier molecular flexibility index (Phi) is 28.2. The van der Waals surface area contributed by atoms with Crippen LogP contribution in [-0.4, -0.2) is 14.5 Å². The first kappa shape index (κ1) is 71.0. The van der Waals surface area contributed by atoms with Gasteiger partial charge in [0.1, 0.15) is 10.0 Å². The number of allylic oxidation sites excluding steroid dienone is 2. The fourth-order valence-corrected chi connectivity index (χ4v) is 22.4. The number of thiazole rings is 2. The van der Waals surface area contributed by atoms with Crippen molar-refractivity contribution in [2.24, 2.45) is 0 Å². The Labute approximate surface area is 582 Å². The van der Waals surface area contributed by atoms with Gasteiger partial charge in [-0.15, -0.1) is 90.7 Å². The van der Waals surface area contributed by atoms with Crippen LogP contribution in [0.1, 0.15) is 252 Å². The largest absolute Gasteiger partial charge is 0.308 e. The van der Waals surface area contributed by atoms with Gasteiger partial charge in [0, 0.05) is 55.3 Å². The summed E-state index contributed by atoms with van der Waals surface area (Å²) < 4.78 is 4.90. The zero-order valence-electron chi connectivity index (χ0n) is 55.6. The highest BCUT2D eigenvalue weighted by Gasteiger charge is 2.27. The summed E-state index contributed by atoms with van der Waals surface area (Å²) in [7, 11) is 0. The maximum Gasteiger partial charge on any atom is 0.263 e. The van der Waals surface area contributed by atoms with Crippen molar-refractivity contribution < 1.29 is 0 Å². The van der Waals surface area contributed by atoms with E-state index in [1.165, 1.54) is 207 Å². The van der Waals surface area contributed by atoms with Gasteiger partial charge in [0.05, 0.1) is 44.4 Å². The molecule has 0 fully saturated rings. The van der Waals surface area contributed by atoms with Gasteiger partial charge in [0.2, 0.25) is 0 Å². The first-order chi connectivity index (χ1) is 45.1.